The Balaban J connectivity index is 1.74. The van der Waals surface area contributed by atoms with E-state index >= 15 is 0 Å². The summed E-state index contributed by atoms with van der Waals surface area (Å²) in [4.78, 5) is 0. The summed E-state index contributed by atoms with van der Waals surface area (Å²) in [6, 6.07) is 14.6. The van der Waals surface area contributed by atoms with Gasteiger partial charge in [-0.3, -0.25) is 0 Å². The monoisotopic (exact) mass is 297 g/mol. The van der Waals surface area contributed by atoms with Crippen molar-refractivity contribution in [2.24, 2.45) is 0 Å². The maximum absolute atomic E-state index is 10.1. The summed E-state index contributed by atoms with van der Waals surface area (Å²) in [6.45, 7) is 3.52. The Morgan fingerprint density at radius 2 is 2.00 bits per heavy atom. The predicted octanol–water partition coefficient (Wildman–Crippen LogP) is 4.07. The van der Waals surface area contributed by atoms with Gasteiger partial charge in [-0.2, -0.15) is 0 Å². The van der Waals surface area contributed by atoms with Gasteiger partial charge in [0.15, 0.2) is 0 Å². The fourth-order valence-electron chi connectivity index (χ4n) is 2.93. The summed E-state index contributed by atoms with van der Waals surface area (Å²) in [5, 5.41) is 13.5. The number of aliphatic hydroxyl groups is 1. The standard InChI is InChI=1S/C19H23NO2/c1-2-5-14-6-3-7-15(12-14)13-20-17-9-4-8-16-18(21)10-11-22-19(16)17/h3-4,6-9,12,18,20-21H,2,5,10-11,13H2,1H3. The number of nitrogens with one attached hydrogen (secondary N) is 1. The number of para-hydroxylation sites is 1. The molecule has 3 rings (SSSR count). The molecular formula is C19H23NO2. The zero-order valence-corrected chi connectivity index (χ0v) is 13.0. The van der Waals surface area contributed by atoms with E-state index in [-0.39, 0.29) is 0 Å². The van der Waals surface area contributed by atoms with Crippen molar-refractivity contribution >= 4 is 5.69 Å². The fourth-order valence-corrected chi connectivity index (χ4v) is 2.93. The molecule has 2 aromatic rings. The smallest absolute Gasteiger partial charge is 0.148 e. The van der Waals surface area contributed by atoms with Gasteiger partial charge in [0.2, 0.25) is 0 Å². The van der Waals surface area contributed by atoms with Gasteiger partial charge in [-0.15, -0.1) is 0 Å². The third-order valence-electron chi connectivity index (χ3n) is 4.06. The second kappa shape index (κ2) is 6.84. The summed E-state index contributed by atoms with van der Waals surface area (Å²) in [5.41, 5.74) is 4.48. The largest absolute Gasteiger partial charge is 0.491 e. The Bertz CT molecular complexity index is 639. The van der Waals surface area contributed by atoms with E-state index < -0.39 is 6.10 Å². The van der Waals surface area contributed by atoms with Crippen molar-refractivity contribution in [3.05, 3.63) is 59.2 Å². The molecule has 0 aromatic heterocycles. The van der Waals surface area contributed by atoms with Crippen LogP contribution in [0.25, 0.3) is 0 Å². The van der Waals surface area contributed by atoms with E-state index in [4.69, 9.17) is 4.74 Å². The second-order valence-electron chi connectivity index (χ2n) is 5.80. The van der Waals surface area contributed by atoms with Crippen LogP contribution in [-0.2, 0) is 13.0 Å². The number of aliphatic hydroxyl groups excluding tert-OH is 1. The topological polar surface area (TPSA) is 41.5 Å². The molecule has 22 heavy (non-hydrogen) atoms. The Kier molecular flexibility index (Phi) is 4.64. The van der Waals surface area contributed by atoms with Crippen molar-refractivity contribution in [3.8, 4) is 5.75 Å². The zero-order chi connectivity index (χ0) is 15.4. The average Bonchev–Trinajstić information content (AvgIpc) is 2.54. The number of hydrogen-bond donors (Lipinski definition) is 2. The number of hydrogen-bond acceptors (Lipinski definition) is 3. The molecule has 3 nitrogen and oxygen atoms in total. The first-order valence-corrected chi connectivity index (χ1v) is 8.03. The maximum Gasteiger partial charge on any atom is 0.148 e. The highest BCUT2D eigenvalue weighted by atomic mass is 16.5. The third kappa shape index (κ3) is 3.25. The van der Waals surface area contributed by atoms with Crippen molar-refractivity contribution < 1.29 is 9.84 Å². The van der Waals surface area contributed by atoms with E-state index in [1.54, 1.807) is 0 Å². The molecule has 3 heteroatoms. The number of benzene rings is 2. The molecule has 0 fully saturated rings. The molecule has 2 N–H and O–H groups in total. The Labute approximate surface area is 131 Å². The van der Waals surface area contributed by atoms with Crippen molar-refractivity contribution in [2.75, 3.05) is 11.9 Å². The minimum Gasteiger partial charge on any atom is -0.491 e. The number of ether oxygens (including phenoxy) is 1. The molecule has 116 valence electrons. The lowest BCUT2D eigenvalue weighted by Gasteiger charge is -2.24. The van der Waals surface area contributed by atoms with Gasteiger partial charge in [-0.25, -0.2) is 0 Å². The Morgan fingerprint density at radius 1 is 1.18 bits per heavy atom. The Hall–Kier alpha value is -2.00. The van der Waals surface area contributed by atoms with Crippen LogP contribution >= 0.6 is 0 Å². The van der Waals surface area contributed by atoms with E-state index in [9.17, 15) is 5.11 Å². The summed E-state index contributed by atoms with van der Waals surface area (Å²) in [6.07, 6.45) is 2.52. The SMILES string of the molecule is CCCc1cccc(CNc2cccc3c2OCCC3O)c1. The highest BCUT2D eigenvalue weighted by Crippen LogP contribution is 2.37. The van der Waals surface area contributed by atoms with Gasteiger partial charge in [-0.1, -0.05) is 49.7 Å². The highest BCUT2D eigenvalue weighted by molar-refractivity contribution is 5.61. The predicted molar refractivity (Wildman–Crippen MR) is 89.3 cm³/mol. The minimum atomic E-state index is -0.418. The van der Waals surface area contributed by atoms with Crippen molar-refractivity contribution in [1.29, 1.82) is 0 Å². The van der Waals surface area contributed by atoms with Crippen LogP contribution in [0.1, 0.15) is 42.6 Å². The van der Waals surface area contributed by atoms with E-state index in [0.717, 1.165) is 36.4 Å². The van der Waals surface area contributed by atoms with E-state index in [1.165, 1.54) is 11.1 Å². The van der Waals surface area contributed by atoms with Crippen LogP contribution in [0.4, 0.5) is 5.69 Å². The number of aryl methyl sites for hydroxylation is 1. The van der Waals surface area contributed by atoms with Crippen molar-refractivity contribution in [1.82, 2.24) is 0 Å². The molecule has 1 aliphatic rings. The maximum atomic E-state index is 10.1. The number of rotatable bonds is 5. The minimum absolute atomic E-state index is 0.418. The quantitative estimate of drug-likeness (QED) is 0.874. The van der Waals surface area contributed by atoms with E-state index in [1.807, 2.05) is 18.2 Å². The van der Waals surface area contributed by atoms with Crippen LogP contribution in [-0.4, -0.2) is 11.7 Å². The molecule has 1 aliphatic heterocycles. The molecule has 1 unspecified atom stereocenters. The number of anilines is 1. The molecule has 0 amide bonds. The van der Waals surface area contributed by atoms with Gasteiger partial charge in [0.25, 0.3) is 0 Å². The van der Waals surface area contributed by atoms with Gasteiger partial charge in [0.05, 0.1) is 18.4 Å². The molecule has 2 aromatic carbocycles. The lowest BCUT2D eigenvalue weighted by Crippen LogP contribution is -2.15. The first-order valence-electron chi connectivity index (χ1n) is 8.03. The number of fused-ring (bicyclic) bond motifs is 1. The first-order chi connectivity index (χ1) is 10.8. The van der Waals surface area contributed by atoms with Crippen LogP contribution in [0.2, 0.25) is 0 Å². The molecule has 1 atom stereocenters. The molecule has 0 spiro atoms. The molecule has 0 saturated heterocycles. The average molecular weight is 297 g/mol. The first kappa shape index (κ1) is 14.9. The normalized spacial score (nSPS) is 16.7. The van der Waals surface area contributed by atoms with Crippen LogP contribution < -0.4 is 10.1 Å². The van der Waals surface area contributed by atoms with Gasteiger partial charge >= 0.3 is 0 Å². The molecular weight excluding hydrogens is 274 g/mol. The van der Waals surface area contributed by atoms with E-state index in [2.05, 4.69) is 36.5 Å². The van der Waals surface area contributed by atoms with Crippen LogP contribution in [0.15, 0.2) is 42.5 Å². The highest BCUT2D eigenvalue weighted by Gasteiger charge is 2.21. The van der Waals surface area contributed by atoms with Crippen LogP contribution in [0.3, 0.4) is 0 Å². The molecule has 0 bridgehead atoms. The Morgan fingerprint density at radius 3 is 2.86 bits per heavy atom. The zero-order valence-electron chi connectivity index (χ0n) is 13.0. The van der Waals surface area contributed by atoms with Gasteiger partial charge in [-0.05, 0) is 23.6 Å². The molecule has 0 saturated carbocycles. The summed E-state index contributed by atoms with van der Waals surface area (Å²) in [7, 11) is 0. The van der Waals surface area contributed by atoms with Crippen molar-refractivity contribution in [2.45, 2.75) is 38.8 Å². The van der Waals surface area contributed by atoms with Crippen LogP contribution in [0, 0.1) is 0 Å². The van der Waals surface area contributed by atoms with Crippen molar-refractivity contribution in [3.63, 3.8) is 0 Å². The van der Waals surface area contributed by atoms with Gasteiger partial charge in [0, 0.05) is 18.5 Å². The molecule has 1 heterocycles. The lowest BCUT2D eigenvalue weighted by atomic mass is 10.0. The third-order valence-corrected chi connectivity index (χ3v) is 4.06. The molecule has 0 aliphatic carbocycles. The second-order valence-corrected chi connectivity index (χ2v) is 5.80. The lowest BCUT2D eigenvalue weighted by molar-refractivity contribution is 0.116. The summed E-state index contributed by atoms with van der Waals surface area (Å²) < 4.78 is 5.75. The van der Waals surface area contributed by atoms with Crippen LogP contribution in [0.5, 0.6) is 5.75 Å². The van der Waals surface area contributed by atoms with E-state index in [0.29, 0.717) is 13.0 Å². The van der Waals surface area contributed by atoms with Gasteiger partial charge < -0.3 is 15.2 Å². The fraction of sp³-hybridized carbons (Fsp3) is 0.368. The van der Waals surface area contributed by atoms with Gasteiger partial charge in [0.1, 0.15) is 5.75 Å². The molecule has 0 radical (unpaired) electrons. The summed E-state index contributed by atoms with van der Waals surface area (Å²) >= 11 is 0. The summed E-state index contributed by atoms with van der Waals surface area (Å²) in [5.74, 6) is 0.797.